The van der Waals surface area contributed by atoms with Gasteiger partial charge in [0, 0.05) is 18.7 Å². The van der Waals surface area contributed by atoms with E-state index in [-0.39, 0.29) is 35.7 Å². The van der Waals surface area contributed by atoms with Crippen molar-refractivity contribution in [1.82, 2.24) is 20.4 Å². The summed E-state index contributed by atoms with van der Waals surface area (Å²) in [6, 6.07) is 10.6. The highest BCUT2D eigenvalue weighted by atomic mass is 35.5. The second-order valence-electron chi connectivity index (χ2n) is 5.54. The monoisotopic (exact) mass is 349 g/mol. The van der Waals surface area contributed by atoms with Gasteiger partial charge in [-0.15, -0.1) is 12.4 Å². The standard InChI is InChI=1S/C16H19N5O2.ClH/c17-15(22)14-9-13(16(23)19-11-5-4-8-18-10-11)20-21(14)12-6-2-1-3-7-12;/h1-3,6-7,9,11,18H,4-5,8,10H2,(H2,17,22)(H,19,23);1H. The summed E-state index contributed by atoms with van der Waals surface area (Å²) in [6.07, 6.45) is 1.96. The molecule has 3 rings (SSSR count). The first-order valence-electron chi connectivity index (χ1n) is 7.62. The number of carbonyl (C=O) groups is 2. The molecule has 7 nitrogen and oxygen atoms in total. The zero-order chi connectivity index (χ0) is 16.2. The van der Waals surface area contributed by atoms with E-state index in [0.717, 1.165) is 25.9 Å². The highest BCUT2D eigenvalue weighted by molar-refractivity contribution is 5.97. The number of halogens is 1. The van der Waals surface area contributed by atoms with Crippen LogP contribution in [-0.4, -0.2) is 40.7 Å². The molecule has 1 aromatic heterocycles. The SMILES string of the molecule is Cl.NC(=O)c1cc(C(=O)NC2CCCNC2)nn1-c1ccccc1. The largest absolute Gasteiger partial charge is 0.364 e. The molecule has 1 fully saturated rings. The molecule has 4 N–H and O–H groups in total. The van der Waals surface area contributed by atoms with Crippen LogP contribution in [-0.2, 0) is 0 Å². The van der Waals surface area contributed by atoms with E-state index < -0.39 is 5.91 Å². The van der Waals surface area contributed by atoms with Gasteiger partial charge in [0.15, 0.2) is 5.69 Å². The highest BCUT2D eigenvalue weighted by Gasteiger charge is 2.21. The van der Waals surface area contributed by atoms with Crippen LogP contribution in [0.25, 0.3) is 5.69 Å². The number of rotatable bonds is 4. The molecule has 0 saturated carbocycles. The molecular formula is C16H20ClN5O2. The molecule has 8 heteroatoms. The van der Waals surface area contributed by atoms with Crippen LogP contribution in [0, 0.1) is 0 Å². The Bertz CT molecular complexity index is 711. The van der Waals surface area contributed by atoms with Crippen LogP contribution in [0.3, 0.4) is 0 Å². The lowest BCUT2D eigenvalue weighted by molar-refractivity contribution is 0.0924. The Labute approximate surface area is 146 Å². The van der Waals surface area contributed by atoms with Crippen molar-refractivity contribution >= 4 is 24.2 Å². The van der Waals surface area contributed by atoms with Gasteiger partial charge in [-0.25, -0.2) is 4.68 Å². The van der Waals surface area contributed by atoms with Gasteiger partial charge in [0.25, 0.3) is 11.8 Å². The summed E-state index contributed by atoms with van der Waals surface area (Å²) >= 11 is 0. The minimum absolute atomic E-state index is 0. The maximum absolute atomic E-state index is 12.4. The molecular weight excluding hydrogens is 330 g/mol. The summed E-state index contributed by atoms with van der Waals surface area (Å²) in [6.45, 7) is 1.72. The molecule has 1 aliphatic rings. The maximum Gasteiger partial charge on any atom is 0.272 e. The molecule has 0 spiro atoms. The quantitative estimate of drug-likeness (QED) is 0.762. The van der Waals surface area contributed by atoms with Crippen LogP contribution < -0.4 is 16.4 Å². The number of nitrogens with two attached hydrogens (primary N) is 1. The molecule has 128 valence electrons. The Morgan fingerprint density at radius 1 is 1.29 bits per heavy atom. The van der Waals surface area contributed by atoms with Gasteiger partial charge in [-0.3, -0.25) is 9.59 Å². The van der Waals surface area contributed by atoms with Crippen molar-refractivity contribution in [2.45, 2.75) is 18.9 Å². The van der Waals surface area contributed by atoms with E-state index in [1.807, 2.05) is 18.2 Å². The zero-order valence-corrected chi connectivity index (χ0v) is 13.9. The van der Waals surface area contributed by atoms with Crippen molar-refractivity contribution in [2.24, 2.45) is 5.73 Å². The molecule has 2 amide bonds. The minimum atomic E-state index is -0.625. The third-order valence-corrected chi connectivity index (χ3v) is 3.83. The van der Waals surface area contributed by atoms with Gasteiger partial charge in [0.1, 0.15) is 5.69 Å². The van der Waals surface area contributed by atoms with Gasteiger partial charge < -0.3 is 16.4 Å². The van der Waals surface area contributed by atoms with Gasteiger partial charge in [-0.1, -0.05) is 18.2 Å². The Hall–Kier alpha value is -2.38. The van der Waals surface area contributed by atoms with Gasteiger partial charge in [0.2, 0.25) is 0 Å². The number of hydrogen-bond donors (Lipinski definition) is 3. The third-order valence-electron chi connectivity index (χ3n) is 3.83. The molecule has 1 aromatic carbocycles. The minimum Gasteiger partial charge on any atom is -0.364 e. The van der Waals surface area contributed by atoms with Crippen LogP contribution in [0.4, 0.5) is 0 Å². The van der Waals surface area contributed by atoms with E-state index in [0.29, 0.717) is 5.69 Å². The fourth-order valence-corrected chi connectivity index (χ4v) is 2.67. The van der Waals surface area contributed by atoms with Crippen LogP contribution >= 0.6 is 12.4 Å². The Kier molecular flexibility index (Phi) is 5.94. The molecule has 2 aromatic rings. The first kappa shape index (κ1) is 18.0. The first-order valence-corrected chi connectivity index (χ1v) is 7.62. The van der Waals surface area contributed by atoms with Crippen LogP contribution in [0.15, 0.2) is 36.4 Å². The van der Waals surface area contributed by atoms with Crippen molar-refractivity contribution in [1.29, 1.82) is 0 Å². The molecule has 1 atom stereocenters. The highest BCUT2D eigenvalue weighted by Crippen LogP contribution is 2.13. The summed E-state index contributed by atoms with van der Waals surface area (Å²) in [5.74, 6) is -0.921. The van der Waals surface area contributed by atoms with E-state index >= 15 is 0 Å². The van der Waals surface area contributed by atoms with E-state index in [1.165, 1.54) is 10.7 Å². The summed E-state index contributed by atoms with van der Waals surface area (Å²) in [5, 5.41) is 10.4. The average molecular weight is 350 g/mol. The third kappa shape index (κ3) is 3.93. The smallest absolute Gasteiger partial charge is 0.272 e. The molecule has 1 saturated heterocycles. The zero-order valence-electron chi connectivity index (χ0n) is 13.1. The average Bonchev–Trinajstić information content (AvgIpc) is 3.02. The van der Waals surface area contributed by atoms with Crippen LogP contribution in [0.5, 0.6) is 0 Å². The van der Waals surface area contributed by atoms with Gasteiger partial charge >= 0.3 is 0 Å². The molecule has 0 aliphatic carbocycles. The number of nitrogens with one attached hydrogen (secondary N) is 2. The molecule has 1 unspecified atom stereocenters. The number of benzene rings is 1. The normalized spacial score (nSPS) is 16.9. The fourth-order valence-electron chi connectivity index (χ4n) is 2.67. The Balaban J connectivity index is 0.00000208. The fraction of sp³-hybridized carbons (Fsp3) is 0.312. The number of primary amides is 1. The molecule has 24 heavy (non-hydrogen) atoms. The van der Waals surface area contributed by atoms with E-state index in [1.54, 1.807) is 12.1 Å². The van der Waals surface area contributed by atoms with Crippen LogP contribution in [0.1, 0.15) is 33.8 Å². The summed E-state index contributed by atoms with van der Waals surface area (Å²) in [5.41, 5.74) is 6.46. The number of amides is 2. The topological polar surface area (TPSA) is 102 Å². The number of piperidine rings is 1. The van der Waals surface area contributed by atoms with E-state index in [4.69, 9.17) is 5.73 Å². The van der Waals surface area contributed by atoms with Crippen molar-refractivity contribution in [3.63, 3.8) is 0 Å². The maximum atomic E-state index is 12.4. The number of nitrogens with zero attached hydrogens (tertiary/aromatic N) is 2. The van der Waals surface area contributed by atoms with Crippen molar-refractivity contribution in [3.05, 3.63) is 47.8 Å². The molecule has 2 heterocycles. The number of para-hydroxylation sites is 1. The first-order chi connectivity index (χ1) is 11.1. The second-order valence-corrected chi connectivity index (χ2v) is 5.54. The second kappa shape index (κ2) is 7.94. The molecule has 0 radical (unpaired) electrons. The van der Waals surface area contributed by atoms with Crippen LogP contribution in [0.2, 0.25) is 0 Å². The Morgan fingerprint density at radius 2 is 2.04 bits per heavy atom. The van der Waals surface area contributed by atoms with E-state index in [9.17, 15) is 9.59 Å². The molecule has 1 aliphatic heterocycles. The lowest BCUT2D eigenvalue weighted by Crippen LogP contribution is -2.45. The number of hydrogen-bond acceptors (Lipinski definition) is 4. The van der Waals surface area contributed by atoms with Gasteiger partial charge in [0.05, 0.1) is 5.69 Å². The predicted molar refractivity (Wildman–Crippen MR) is 92.7 cm³/mol. The number of carbonyl (C=O) groups excluding carboxylic acids is 2. The lowest BCUT2D eigenvalue weighted by Gasteiger charge is -2.23. The summed E-state index contributed by atoms with van der Waals surface area (Å²) in [7, 11) is 0. The Morgan fingerprint density at radius 3 is 2.67 bits per heavy atom. The van der Waals surface area contributed by atoms with Gasteiger partial charge in [-0.2, -0.15) is 5.10 Å². The predicted octanol–water partition coefficient (Wildman–Crippen LogP) is 0.875. The lowest BCUT2D eigenvalue weighted by atomic mass is 10.1. The van der Waals surface area contributed by atoms with Crippen molar-refractivity contribution in [2.75, 3.05) is 13.1 Å². The van der Waals surface area contributed by atoms with Crippen molar-refractivity contribution < 1.29 is 9.59 Å². The summed E-state index contributed by atoms with van der Waals surface area (Å²) < 4.78 is 1.40. The van der Waals surface area contributed by atoms with Gasteiger partial charge in [-0.05, 0) is 31.5 Å². The summed E-state index contributed by atoms with van der Waals surface area (Å²) in [4.78, 5) is 24.0. The van der Waals surface area contributed by atoms with Crippen molar-refractivity contribution in [3.8, 4) is 5.69 Å². The number of aromatic nitrogens is 2. The molecule has 0 bridgehead atoms. The van der Waals surface area contributed by atoms with E-state index in [2.05, 4.69) is 15.7 Å².